The second-order valence-corrected chi connectivity index (χ2v) is 8.33. The lowest BCUT2D eigenvalue weighted by molar-refractivity contribution is -0.123. The minimum atomic E-state index is -3.41. The van der Waals surface area contributed by atoms with Crippen molar-refractivity contribution >= 4 is 21.6 Å². The third-order valence-corrected chi connectivity index (χ3v) is 6.52. The van der Waals surface area contributed by atoms with Crippen LogP contribution in [0.3, 0.4) is 0 Å². The maximum absolute atomic E-state index is 12.6. The Hall–Kier alpha value is -1.40. The number of benzene rings is 1. The van der Waals surface area contributed by atoms with E-state index in [0.29, 0.717) is 13.1 Å². The van der Waals surface area contributed by atoms with Crippen molar-refractivity contribution in [1.29, 1.82) is 0 Å². The van der Waals surface area contributed by atoms with E-state index in [0.717, 1.165) is 12.1 Å². The van der Waals surface area contributed by atoms with Gasteiger partial charge in [-0.05, 0) is 44.9 Å². The van der Waals surface area contributed by atoms with E-state index in [2.05, 4.69) is 6.92 Å². The zero-order valence-corrected chi connectivity index (χ0v) is 14.4. The summed E-state index contributed by atoms with van der Waals surface area (Å²) in [7, 11) is -3.41. The molecule has 1 aliphatic rings. The van der Waals surface area contributed by atoms with Crippen molar-refractivity contribution in [3.05, 3.63) is 29.8 Å². The first-order chi connectivity index (χ1) is 10.3. The number of hydrogen-bond donors (Lipinski definition) is 0. The minimum absolute atomic E-state index is 0.167. The van der Waals surface area contributed by atoms with E-state index < -0.39 is 21.3 Å². The fourth-order valence-electron chi connectivity index (χ4n) is 2.64. The summed E-state index contributed by atoms with van der Waals surface area (Å²) in [5.41, 5.74) is 2.04. The molecule has 1 aromatic rings. The predicted octanol–water partition coefficient (Wildman–Crippen LogP) is 2.02. The van der Waals surface area contributed by atoms with Gasteiger partial charge in [0.1, 0.15) is 6.04 Å². The normalized spacial score (nSPS) is 20.7. The molecule has 1 aromatic carbocycles. The molecule has 2 rings (SSSR count). The van der Waals surface area contributed by atoms with E-state index in [1.54, 1.807) is 25.7 Å². The Morgan fingerprint density at radius 1 is 1.18 bits per heavy atom. The van der Waals surface area contributed by atoms with Crippen LogP contribution in [0.15, 0.2) is 24.3 Å². The monoisotopic (exact) mass is 324 g/mol. The zero-order chi connectivity index (χ0) is 16.5. The second kappa shape index (κ2) is 6.38. The summed E-state index contributed by atoms with van der Waals surface area (Å²) in [5.74, 6) is -0.167. The van der Waals surface area contributed by atoms with E-state index in [1.165, 1.54) is 9.87 Å². The van der Waals surface area contributed by atoms with Gasteiger partial charge in [-0.2, -0.15) is 4.31 Å². The molecule has 1 unspecified atom stereocenters. The highest BCUT2D eigenvalue weighted by atomic mass is 32.2. The first-order valence-electron chi connectivity index (χ1n) is 7.70. The van der Waals surface area contributed by atoms with Gasteiger partial charge in [-0.15, -0.1) is 0 Å². The highest BCUT2D eigenvalue weighted by Crippen LogP contribution is 2.24. The standard InChI is InChI=1S/C16H24N2O3S/c1-5-14-6-8-15(9-7-14)17-10-11-18(13(4)16(17)19)22(20,21)12(2)3/h6-9,12-13H,5,10-11H2,1-4H3. The molecule has 122 valence electrons. The summed E-state index contributed by atoms with van der Waals surface area (Å²) in [5, 5.41) is -0.516. The maximum Gasteiger partial charge on any atom is 0.245 e. The number of hydrogen-bond acceptors (Lipinski definition) is 3. The summed E-state index contributed by atoms with van der Waals surface area (Å²) < 4.78 is 26.0. The molecule has 0 spiro atoms. The van der Waals surface area contributed by atoms with Crippen molar-refractivity contribution in [3.63, 3.8) is 0 Å². The maximum atomic E-state index is 12.6. The molecule has 1 aliphatic heterocycles. The number of amides is 1. The number of carbonyl (C=O) groups is 1. The summed E-state index contributed by atoms with van der Waals surface area (Å²) in [6.45, 7) is 7.75. The van der Waals surface area contributed by atoms with Crippen LogP contribution in [0.5, 0.6) is 0 Å². The molecular weight excluding hydrogens is 300 g/mol. The molecule has 1 fully saturated rings. The van der Waals surface area contributed by atoms with Gasteiger partial charge in [0.15, 0.2) is 0 Å². The lowest BCUT2D eigenvalue weighted by Gasteiger charge is -2.39. The fraction of sp³-hybridized carbons (Fsp3) is 0.562. The molecule has 1 saturated heterocycles. The van der Waals surface area contributed by atoms with Crippen molar-refractivity contribution in [2.75, 3.05) is 18.0 Å². The van der Waals surface area contributed by atoms with Gasteiger partial charge in [-0.3, -0.25) is 4.79 Å². The quantitative estimate of drug-likeness (QED) is 0.851. The summed E-state index contributed by atoms with van der Waals surface area (Å²) in [6, 6.07) is 7.20. The van der Waals surface area contributed by atoms with Crippen LogP contribution in [0.25, 0.3) is 0 Å². The number of aryl methyl sites for hydroxylation is 1. The van der Waals surface area contributed by atoms with Crippen LogP contribution in [0.4, 0.5) is 5.69 Å². The van der Waals surface area contributed by atoms with Gasteiger partial charge in [0.05, 0.1) is 5.25 Å². The molecule has 0 saturated carbocycles. The van der Waals surface area contributed by atoms with Crippen molar-refractivity contribution in [3.8, 4) is 0 Å². The van der Waals surface area contributed by atoms with Gasteiger partial charge in [-0.25, -0.2) is 8.42 Å². The van der Waals surface area contributed by atoms with Crippen molar-refractivity contribution < 1.29 is 13.2 Å². The zero-order valence-electron chi connectivity index (χ0n) is 13.6. The number of sulfonamides is 1. The van der Waals surface area contributed by atoms with Crippen molar-refractivity contribution in [2.45, 2.75) is 45.4 Å². The summed E-state index contributed by atoms with van der Waals surface area (Å²) >= 11 is 0. The predicted molar refractivity (Wildman–Crippen MR) is 88.4 cm³/mol. The van der Waals surface area contributed by atoms with Gasteiger partial charge in [-0.1, -0.05) is 19.1 Å². The van der Waals surface area contributed by atoms with Gasteiger partial charge < -0.3 is 4.90 Å². The molecule has 5 nitrogen and oxygen atoms in total. The lowest BCUT2D eigenvalue weighted by Crippen LogP contribution is -2.58. The number of rotatable bonds is 4. The number of carbonyl (C=O) groups excluding carboxylic acids is 1. The topological polar surface area (TPSA) is 57.7 Å². The Labute approximate surface area is 133 Å². The Bertz CT molecular complexity index is 638. The van der Waals surface area contributed by atoms with E-state index >= 15 is 0 Å². The third kappa shape index (κ3) is 3.03. The SMILES string of the molecule is CCc1ccc(N2CCN(S(=O)(=O)C(C)C)C(C)C2=O)cc1. The molecule has 1 atom stereocenters. The number of nitrogens with zero attached hydrogens (tertiary/aromatic N) is 2. The third-order valence-electron chi connectivity index (χ3n) is 4.18. The highest BCUT2D eigenvalue weighted by Gasteiger charge is 2.39. The molecule has 0 N–H and O–H groups in total. The number of piperazine rings is 1. The Kier molecular flexibility index (Phi) is 4.92. The van der Waals surface area contributed by atoms with Crippen LogP contribution < -0.4 is 4.90 Å². The molecule has 0 radical (unpaired) electrons. The van der Waals surface area contributed by atoms with Crippen LogP contribution in [-0.2, 0) is 21.2 Å². The average Bonchev–Trinajstić information content (AvgIpc) is 2.49. The largest absolute Gasteiger partial charge is 0.310 e. The van der Waals surface area contributed by atoms with Crippen molar-refractivity contribution in [2.24, 2.45) is 0 Å². The van der Waals surface area contributed by atoms with Gasteiger partial charge in [0.2, 0.25) is 15.9 Å². The van der Waals surface area contributed by atoms with E-state index in [1.807, 2.05) is 24.3 Å². The molecule has 0 aromatic heterocycles. The van der Waals surface area contributed by atoms with Crippen LogP contribution in [0.2, 0.25) is 0 Å². The van der Waals surface area contributed by atoms with Gasteiger partial charge >= 0.3 is 0 Å². The molecule has 0 bridgehead atoms. The average molecular weight is 324 g/mol. The van der Waals surface area contributed by atoms with E-state index in [9.17, 15) is 13.2 Å². The number of anilines is 1. The highest BCUT2D eigenvalue weighted by molar-refractivity contribution is 7.89. The molecule has 22 heavy (non-hydrogen) atoms. The second-order valence-electron chi connectivity index (χ2n) is 5.89. The van der Waals surface area contributed by atoms with Gasteiger partial charge in [0, 0.05) is 18.8 Å². The summed E-state index contributed by atoms with van der Waals surface area (Å²) in [4.78, 5) is 14.3. The first kappa shape index (κ1) is 17.0. The smallest absolute Gasteiger partial charge is 0.245 e. The van der Waals surface area contributed by atoms with Gasteiger partial charge in [0.25, 0.3) is 0 Å². The first-order valence-corrected chi connectivity index (χ1v) is 9.20. The van der Waals surface area contributed by atoms with E-state index in [-0.39, 0.29) is 5.91 Å². The Balaban J connectivity index is 2.22. The molecular formula is C16H24N2O3S. The Morgan fingerprint density at radius 3 is 2.27 bits per heavy atom. The van der Waals surface area contributed by atoms with Crippen LogP contribution >= 0.6 is 0 Å². The Morgan fingerprint density at radius 2 is 1.77 bits per heavy atom. The minimum Gasteiger partial charge on any atom is -0.310 e. The molecule has 6 heteroatoms. The van der Waals surface area contributed by atoms with E-state index in [4.69, 9.17) is 0 Å². The van der Waals surface area contributed by atoms with Crippen LogP contribution in [-0.4, -0.2) is 43.0 Å². The van der Waals surface area contributed by atoms with Crippen LogP contribution in [0, 0.1) is 0 Å². The molecule has 0 aliphatic carbocycles. The van der Waals surface area contributed by atoms with Crippen LogP contribution in [0.1, 0.15) is 33.3 Å². The fourth-order valence-corrected chi connectivity index (χ4v) is 4.05. The van der Waals surface area contributed by atoms with Crippen molar-refractivity contribution in [1.82, 2.24) is 4.31 Å². The molecule has 1 amide bonds. The summed E-state index contributed by atoms with van der Waals surface area (Å²) in [6.07, 6.45) is 0.949. The molecule has 1 heterocycles. The lowest BCUT2D eigenvalue weighted by atomic mass is 10.1.